The molecule has 2 unspecified atom stereocenters. The summed E-state index contributed by atoms with van der Waals surface area (Å²) in [6.45, 7) is 5.51. The van der Waals surface area contributed by atoms with Crippen LogP contribution in [0.2, 0.25) is 0 Å². The summed E-state index contributed by atoms with van der Waals surface area (Å²) >= 11 is 0. The molecule has 0 saturated heterocycles. The highest BCUT2D eigenvalue weighted by molar-refractivity contribution is 5.96. The van der Waals surface area contributed by atoms with E-state index in [1.54, 1.807) is 25.1 Å². The number of hydrogen-bond acceptors (Lipinski definition) is 8. The summed E-state index contributed by atoms with van der Waals surface area (Å²) in [6, 6.07) is 14.3. The van der Waals surface area contributed by atoms with Crippen LogP contribution in [0.3, 0.4) is 0 Å². The van der Waals surface area contributed by atoms with Crippen LogP contribution in [0.5, 0.6) is 17.2 Å². The molecule has 1 amide bonds. The second-order valence-corrected chi connectivity index (χ2v) is 10.1. The molecule has 2 heterocycles. The van der Waals surface area contributed by atoms with E-state index in [9.17, 15) is 14.7 Å². The number of Topliss-reactive ketones (excluding diaryl/α,β-unsaturated/α-hetero) is 1. The molecule has 0 aliphatic carbocycles. The van der Waals surface area contributed by atoms with Crippen molar-refractivity contribution in [1.82, 2.24) is 4.98 Å². The maximum absolute atomic E-state index is 13.0. The summed E-state index contributed by atoms with van der Waals surface area (Å²) in [7, 11) is 1.44. The van der Waals surface area contributed by atoms with Gasteiger partial charge in [-0.2, -0.15) is 0 Å². The van der Waals surface area contributed by atoms with Crippen LogP contribution < -0.4 is 25.7 Å². The number of carbonyl (C=O) groups is 2. The van der Waals surface area contributed by atoms with Gasteiger partial charge in [0.05, 0.1) is 18.3 Å². The van der Waals surface area contributed by atoms with Gasteiger partial charge in [-0.3, -0.25) is 9.59 Å². The molecular weight excluding hydrogens is 486 g/mol. The first-order valence-electron chi connectivity index (χ1n) is 12.3. The number of primary amides is 1. The first-order chi connectivity index (χ1) is 17.9. The number of methoxy groups -OCH3 is 1. The highest BCUT2D eigenvalue weighted by Gasteiger charge is 2.38. The van der Waals surface area contributed by atoms with Crippen LogP contribution in [0.1, 0.15) is 53.9 Å². The molecule has 0 fully saturated rings. The maximum Gasteiger partial charge on any atom is 0.255 e. The number of ketones is 1. The van der Waals surface area contributed by atoms with Gasteiger partial charge in [0.15, 0.2) is 29.6 Å². The highest BCUT2D eigenvalue weighted by atomic mass is 16.5. The number of ether oxygens (including phenoxy) is 3. The van der Waals surface area contributed by atoms with Crippen molar-refractivity contribution in [2.24, 2.45) is 11.5 Å². The van der Waals surface area contributed by atoms with Crippen LogP contribution in [-0.2, 0) is 15.9 Å². The Balaban J connectivity index is 1.59. The lowest BCUT2D eigenvalue weighted by Crippen LogP contribution is -2.35. The van der Waals surface area contributed by atoms with Crippen LogP contribution in [0.4, 0.5) is 0 Å². The number of aliphatic hydroxyl groups is 1. The molecular formula is C29H33N3O6. The van der Waals surface area contributed by atoms with Gasteiger partial charge < -0.3 is 30.8 Å². The number of benzene rings is 2. The van der Waals surface area contributed by atoms with Crippen molar-refractivity contribution in [2.45, 2.75) is 44.8 Å². The molecule has 4 rings (SSSR count). The van der Waals surface area contributed by atoms with Crippen molar-refractivity contribution in [3.63, 3.8) is 0 Å². The third kappa shape index (κ3) is 5.64. The summed E-state index contributed by atoms with van der Waals surface area (Å²) in [6.07, 6.45) is 0.169. The molecule has 200 valence electrons. The van der Waals surface area contributed by atoms with Gasteiger partial charge in [-0.1, -0.05) is 29.8 Å². The lowest BCUT2D eigenvalue weighted by molar-refractivity contribution is -0.119. The lowest BCUT2D eigenvalue weighted by atomic mass is 9.88. The lowest BCUT2D eigenvalue weighted by Gasteiger charge is -2.25. The molecule has 1 aliphatic rings. The number of nitrogens with two attached hydrogens (primary N) is 2. The minimum atomic E-state index is -1.42. The molecule has 3 aromatic rings. The molecule has 2 aromatic carbocycles. The van der Waals surface area contributed by atoms with Crippen LogP contribution in [-0.4, -0.2) is 42.1 Å². The number of pyridine rings is 1. The normalized spacial score (nSPS) is 17.7. The second kappa shape index (κ2) is 10.4. The van der Waals surface area contributed by atoms with Crippen LogP contribution >= 0.6 is 0 Å². The number of carbonyl (C=O) groups excluding carboxylic acids is 2. The molecule has 0 radical (unpaired) electrons. The van der Waals surface area contributed by atoms with Gasteiger partial charge in [0.25, 0.3) is 5.91 Å². The summed E-state index contributed by atoms with van der Waals surface area (Å²) in [5.41, 5.74) is 13.6. The largest absolute Gasteiger partial charge is 0.493 e. The molecule has 9 nitrogen and oxygen atoms in total. The summed E-state index contributed by atoms with van der Waals surface area (Å²) in [4.78, 5) is 28.8. The van der Waals surface area contributed by atoms with E-state index in [1.165, 1.54) is 13.2 Å². The molecule has 0 spiro atoms. The van der Waals surface area contributed by atoms with Crippen LogP contribution in [0.25, 0.3) is 11.3 Å². The molecule has 1 aromatic heterocycles. The molecule has 0 saturated carbocycles. The number of hydrogen-bond donors (Lipinski definition) is 3. The zero-order valence-electron chi connectivity index (χ0n) is 22.0. The third-order valence-electron chi connectivity index (χ3n) is 6.68. The minimum Gasteiger partial charge on any atom is -0.493 e. The SMILES string of the molecule is COc1cc(C(=O)CCC(C)(O)c2cc3c(c(-c4ccc(C)cc4)n2)OCC3(C)N)ccc1OCC(N)=O. The average Bonchev–Trinajstić information content (AvgIpc) is 3.20. The fourth-order valence-corrected chi connectivity index (χ4v) is 4.32. The predicted molar refractivity (Wildman–Crippen MR) is 142 cm³/mol. The standard InChI is InChI=1S/C29H33N3O6/c1-17-5-7-18(8-6-17)26-27-20(28(2,31)16-38-27)14-24(32-26)29(3,35)12-11-21(33)19-9-10-22(23(13-19)36-4)37-15-25(30)34/h5-10,13-14,35H,11-12,15-16,31H2,1-4H3,(H2,30,34). The Morgan fingerprint density at radius 2 is 1.87 bits per heavy atom. The Morgan fingerprint density at radius 3 is 2.53 bits per heavy atom. The molecule has 9 heteroatoms. The van der Waals surface area contributed by atoms with E-state index in [0.29, 0.717) is 40.8 Å². The minimum absolute atomic E-state index is 0.0483. The van der Waals surface area contributed by atoms with Gasteiger partial charge in [0.2, 0.25) is 0 Å². The Bertz CT molecular complexity index is 1370. The number of rotatable bonds is 10. The van der Waals surface area contributed by atoms with E-state index >= 15 is 0 Å². The molecule has 2 atom stereocenters. The number of nitrogens with zero attached hydrogens (tertiary/aromatic N) is 1. The first-order valence-corrected chi connectivity index (χ1v) is 12.3. The number of aryl methyl sites for hydroxylation is 1. The van der Waals surface area contributed by atoms with Gasteiger partial charge >= 0.3 is 0 Å². The Labute approximate surface area is 221 Å². The van der Waals surface area contributed by atoms with Crippen LogP contribution in [0, 0.1) is 6.92 Å². The molecule has 38 heavy (non-hydrogen) atoms. The maximum atomic E-state index is 13.0. The zero-order valence-corrected chi connectivity index (χ0v) is 22.0. The van der Waals surface area contributed by atoms with E-state index in [-0.39, 0.29) is 25.2 Å². The molecule has 5 N–H and O–H groups in total. The number of amides is 1. The fourth-order valence-electron chi connectivity index (χ4n) is 4.32. The Morgan fingerprint density at radius 1 is 1.16 bits per heavy atom. The quantitative estimate of drug-likeness (QED) is 0.346. The van der Waals surface area contributed by atoms with E-state index in [0.717, 1.165) is 16.7 Å². The topological polar surface area (TPSA) is 147 Å². The summed E-state index contributed by atoms with van der Waals surface area (Å²) in [5, 5.41) is 11.5. The Kier molecular flexibility index (Phi) is 7.44. The van der Waals surface area contributed by atoms with E-state index in [2.05, 4.69) is 0 Å². The number of fused-ring (bicyclic) bond motifs is 1. The van der Waals surface area contributed by atoms with Crippen LogP contribution in [0.15, 0.2) is 48.5 Å². The smallest absolute Gasteiger partial charge is 0.255 e. The predicted octanol–water partition coefficient (Wildman–Crippen LogP) is 3.37. The van der Waals surface area contributed by atoms with Crippen molar-refractivity contribution in [1.29, 1.82) is 0 Å². The fraction of sp³-hybridized carbons (Fsp3) is 0.345. The molecule has 0 bridgehead atoms. The monoisotopic (exact) mass is 519 g/mol. The number of aromatic nitrogens is 1. The first kappa shape index (κ1) is 27.1. The summed E-state index contributed by atoms with van der Waals surface area (Å²) in [5.74, 6) is 0.390. The zero-order chi connectivity index (χ0) is 27.7. The van der Waals surface area contributed by atoms with E-state index in [4.69, 9.17) is 30.7 Å². The third-order valence-corrected chi connectivity index (χ3v) is 6.68. The van der Waals surface area contributed by atoms with E-state index in [1.807, 2.05) is 38.1 Å². The van der Waals surface area contributed by atoms with Crippen molar-refractivity contribution in [3.05, 3.63) is 70.9 Å². The van der Waals surface area contributed by atoms with Crippen molar-refractivity contribution in [2.75, 3.05) is 20.3 Å². The van der Waals surface area contributed by atoms with Crippen molar-refractivity contribution >= 4 is 11.7 Å². The molecule has 1 aliphatic heterocycles. The van der Waals surface area contributed by atoms with Gasteiger partial charge in [-0.25, -0.2) is 4.98 Å². The van der Waals surface area contributed by atoms with Crippen molar-refractivity contribution < 1.29 is 28.9 Å². The Hall–Kier alpha value is -3.95. The van der Waals surface area contributed by atoms with E-state index < -0.39 is 17.0 Å². The summed E-state index contributed by atoms with van der Waals surface area (Å²) < 4.78 is 16.6. The van der Waals surface area contributed by atoms with Gasteiger partial charge in [0, 0.05) is 23.1 Å². The van der Waals surface area contributed by atoms with Crippen molar-refractivity contribution in [3.8, 4) is 28.5 Å². The average molecular weight is 520 g/mol. The van der Waals surface area contributed by atoms with Gasteiger partial charge in [0.1, 0.15) is 17.9 Å². The van der Waals surface area contributed by atoms with Gasteiger partial charge in [-0.05, 0) is 51.5 Å². The van der Waals surface area contributed by atoms with Gasteiger partial charge in [-0.15, -0.1) is 0 Å². The second-order valence-electron chi connectivity index (χ2n) is 10.1. The highest BCUT2D eigenvalue weighted by Crippen LogP contribution is 2.44.